The Hall–Kier alpha value is -0.660. The van der Waals surface area contributed by atoms with Gasteiger partial charge in [-0.15, -0.1) is 0 Å². The maximum absolute atomic E-state index is 9.59. The van der Waals surface area contributed by atoms with Crippen LogP contribution in [0.25, 0.3) is 0 Å². The van der Waals surface area contributed by atoms with Crippen molar-refractivity contribution < 1.29 is 14.9 Å². The van der Waals surface area contributed by atoms with Crippen LogP contribution >= 0.6 is 15.9 Å². The van der Waals surface area contributed by atoms with Crippen LogP contribution < -0.4 is 10.2 Å². The summed E-state index contributed by atoms with van der Waals surface area (Å²) in [5, 5.41) is 22.5. The lowest BCUT2D eigenvalue weighted by molar-refractivity contribution is 0.0572. The molecule has 5 nitrogen and oxygen atoms in total. The van der Waals surface area contributed by atoms with Gasteiger partial charge in [-0.25, -0.2) is 0 Å². The van der Waals surface area contributed by atoms with E-state index in [4.69, 9.17) is 4.74 Å². The Balaban J connectivity index is 1.95. The maximum Gasteiger partial charge on any atom is 0.0990 e. The number of anilines is 1. The Kier molecular flexibility index (Phi) is 5.80. The van der Waals surface area contributed by atoms with E-state index >= 15 is 0 Å². The highest BCUT2D eigenvalue weighted by Gasteiger charge is 2.29. The van der Waals surface area contributed by atoms with Crippen LogP contribution in [0, 0.1) is 0 Å². The number of nitrogens with zero attached hydrogens (tertiary/aromatic N) is 1. The largest absolute Gasteiger partial charge is 0.389 e. The third kappa shape index (κ3) is 3.93. The normalized spacial score (nSPS) is 22.5. The second-order valence-electron chi connectivity index (χ2n) is 4.98. The Bertz CT molecular complexity index is 434. The lowest BCUT2D eigenvalue weighted by Crippen LogP contribution is -2.22. The number of nitrogens with one attached hydrogen (secondary N) is 1. The average Bonchev–Trinajstić information content (AvgIpc) is 2.76. The van der Waals surface area contributed by atoms with Crippen LogP contribution in [0.4, 0.5) is 5.69 Å². The van der Waals surface area contributed by atoms with E-state index in [0.29, 0.717) is 19.7 Å². The van der Waals surface area contributed by atoms with Gasteiger partial charge in [0.1, 0.15) is 0 Å². The Morgan fingerprint density at radius 2 is 2.05 bits per heavy atom. The molecule has 1 aromatic carbocycles. The fraction of sp³-hybridized carbons (Fsp3) is 0.571. The van der Waals surface area contributed by atoms with Gasteiger partial charge in [-0.1, -0.05) is 22.0 Å². The molecule has 0 aliphatic carbocycles. The number of hydrogen-bond acceptors (Lipinski definition) is 5. The summed E-state index contributed by atoms with van der Waals surface area (Å²) in [7, 11) is 1.69. The van der Waals surface area contributed by atoms with E-state index in [2.05, 4.69) is 27.3 Å². The lowest BCUT2D eigenvalue weighted by atomic mass is 10.2. The van der Waals surface area contributed by atoms with Gasteiger partial charge in [-0.2, -0.15) is 0 Å². The monoisotopic (exact) mass is 344 g/mol. The molecule has 0 amide bonds. The molecule has 1 aliphatic heterocycles. The van der Waals surface area contributed by atoms with Crippen molar-refractivity contribution in [3.8, 4) is 0 Å². The summed E-state index contributed by atoms with van der Waals surface area (Å²) in [5.41, 5.74) is 2.18. The van der Waals surface area contributed by atoms with Crippen molar-refractivity contribution in [3.05, 3.63) is 28.2 Å². The fourth-order valence-electron chi connectivity index (χ4n) is 2.25. The highest BCUT2D eigenvalue weighted by atomic mass is 79.9. The van der Waals surface area contributed by atoms with E-state index in [-0.39, 0.29) is 0 Å². The molecule has 0 aromatic heterocycles. The molecule has 1 heterocycles. The zero-order valence-electron chi connectivity index (χ0n) is 11.6. The molecule has 1 aliphatic rings. The second kappa shape index (κ2) is 7.38. The van der Waals surface area contributed by atoms with Crippen LogP contribution in [0.3, 0.4) is 0 Å². The summed E-state index contributed by atoms with van der Waals surface area (Å²) < 4.78 is 6.01. The van der Waals surface area contributed by atoms with Gasteiger partial charge in [0.05, 0.1) is 18.8 Å². The number of β-amino-alcohol motifs (C(OH)–C–C–N with tert-alkyl or cyclic N) is 2. The molecular weight excluding hydrogens is 324 g/mol. The highest BCUT2D eigenvalue weighted by Crippen LogP contribution is 2.27. The molecule has 0 bridgehead atoms. The van der Waals surface area contributed by atoms with E-state index in [1.165, 1.54) is 5.56 Å². The zero-order valence-corrected chi connectivity index (χ0v) is 13.1. The molecule has 2 atom stereocenters. The number of hydrogen-bond donors (Lipinski definition) is 3. The van der Waals surface area contributed by atoms with E-state index < -0.39 is 12.2 Å². The van der Waals surface area contributed by atoms with Crippen molar-refractivity contribution in [2.75, 3.05) is 38.3 Å². The van der Waals surface area contributed by atoms with Crippen LogP contribution in [0.15, 0.2) is 22.7 Å². The summed E-state index contributed by atoms with van der Waals surface area (Å²) in [6, 6.07) is 6.09. The van der Waals surface area contributed by atoms with E-state index in [9.17, 15) is 10.2 Å². The van der Waals surface area contributed by atoms with Crippen LogP contribution in [-0.4, -0.2) is 55.8 Å². The van der Waals surface area contributed by atoms with E-state index in [1.54, 1.807) is 7.11 Å². The standard InChI is InChI=1S/C14H21BrN2O3/c1-20-5-4-16-7-10-2-3-11(6-12(10)15)17-8-13(18)14(19)9-17/h2-3,6,13-14,16,18-19H,4-5,7-9H2,1H3. The summed E-state index contributed by atoms with van der Waals surface area (Å²) in [5.74, 6) is 0. The molecule has 6 heteroatoms. The minimum atomic E-state index is -0.663. The SMILES string of the molecule is COCCNCc1ccc(N2CC(O)C(O)C2)cc1Br. The van der Waals surface area contributed by atoms with Crippen molar-refractivity contribution in [2.45, 2.75) is 18.8 Å². The first-order chi connectivity index (χ1) is 9.61. The number of ether oxygens (including phenoxy) is 1. The number of aliphatic hydroxyl groups excluding tert-OH is 2. The maximum atomic E-state index is 9.59. The molecule has 1 saturated heterocycles. The highest BCUT2D eigenvalue weighted by molar-refractivity contribution is 9.10. The van der Waals surface area contributed by atoms with Crippen molar-refractivity contribution in [1.82, 2.24) is 5.32 Å². The Morgan fingerprint density at radius 1 is 1.35 bits per heavy atom. The first-order valence-corrected chi connectivity index (χ1v) is 7.50. The number of benzene rings is 1. The molecule has 1 aromatic rings. The summed E-state index contributed by atoms with van der Waals surface area (Å²) in [6.45, 7) is 3.22. The third-order valence-electron chi connectivity index (χ3n) is 3.46. The number of halogens is 1. The molecule has 3 N–H and O–H groups in total. The average molecular weight is 345 g/mol. The number of rotatable bonds is 6. The molecule has 0 radical (unpaired) electrons. The van der Waals surface area contributed by atoms with Gasteiger partial charge in [-0.05, 0) is 17.7 Å². The predicted octanol–water partition coefficient (Wildman–Crippen LogP) is 0.727. The van der Waals surface area contributed by atoms with Gasteiger partial charge < -0.3 is 25.2 Å². The minimum Gasteiger partial charge on any atom is -0.389 e. The smallest absolute Gasteiger partial charge is 0.0990 e. The molecule has 2 rings (SSSR count). The van der Waals surface area contributed by atoms with Crippen LogP contribution in [0.5, 0.6) is 0 Å². The van der Waals surface area contributed by atoms with Crippen molar-refractivity contribution in [3.63, 3.8) is 0 Å². The number of methoxy groups -OCH3 is 1. The molecule has 2 unspecified atom stereocenters. The summed E-state index contributed by atoms with van der Waals surface area (Å²) in [4.78, 5) is 1.99. The van der Waals surface area contributed by atoms with Gasteiger partial charge in [0.15, 0.2) is 0 Å². The molecular formula is C14H21BrN2O3. The van der Waals surface area contributed by atoms with Crippen molar-refractivity contribution in [2.24, 2.45) is 0 Å². The molecule has 1 fully saturated rings. The van der Waals surface area contributed by atoms with Gasteiger partial charge in [-0.3, -0.25) is 0 Å². The predicted molar refractivity (Wildman–Crippen MR) is 82.0 cm³/mol. The molecule has 112 valence electrons. The van der Waals surface area contributed by atoms with Gasteiger partial charge in [0.2, 0.25) is 0 Å². The van der Waals surface area contributed by atoms with Crippen molar-refractivity contribution in [1.29, 1.82) is 0 Å². The second-order valence-corrected chi connectivity index (χ2v) is 5.84. The van der Waals surface area contributed by atoms with Crippen LogP contribution in [0.1, 0.15) is 5.56 Å². The van der Waals surface area contributed by atoms with Gasteiger partial charge in [0, 0.05) is 43.4 Å². The molecule has 0 spiro atoms. The minimum absolute atomic E-state index is 0.471. The molecule has 0 saturated carbocycles. The van der Waals surface area contributed by atoms with E-state index in [0.717, 1.165) is 23.2 Å². The zero-order chi connectivity index (χ0) is 14.5. The Morgan fingerprint density at radius 3 is 2.65 bits per heavy atom. The topological polar surface area (TPSA) is 65.0 Å². The van der Waals surface area contributed by atoms with Crippen LogP contribution in [-0.2, 0) is 11.3 Å². The fourth-order valence-corrected chi connectivity index (χ4v) is 2.76. The van der Waals surface area contributed by atoms with Crippen LogP contribution in [0.2, 0.25) is 0 Å². The third-order valence-corrected chi connectivity index (χ3v) is 4.20. The van der Waals surface area contributed by atoms with Crippen molar-refractivity contribution >= 4 is 21.6 Å². The van der Waals surface area contributed by atoms with Gasteiger partial charge >= 0.3 is 0 Å². The van der Waals surface area contributed by atoms with E-state index in [1.807, 2.05) is 17.0 Å². The lowest BCUT2D eigenvalue weighted by Gasteiger charge is -2.19. The summed E-state index contributed by atoms with van der Waals surface area (Å²) >= 11 is 3.57. The molecule has 20 heavy (non-hydrogen) atoms. The summed E-state index contributed by atoms with van der Waals surface area (Å²) in [6.07, 6.45) is -1.33. The first kappa shape index (κ1) is 15.7. The first-order valence-electron chi connectivity index (χ1n) is 6.71. The number of aliphatic hydroxyl groups is 2. The Labute approximate surface area is 127 Å². The quantitative estimate of drug-likeness (QED) is 0.664. The van der Waals surface area contributed by atoms with Gasteiger partial charge in [0.25, 0.3) is 0 Å².